The molecule has 3 aromatic carbocycles. The molecule has 208 valence electrons. The molecule has 0 aromatic heterocycles. The molecule has 8 nitrogen and oxygen atoms in total. The summed E-state index contributed by atoms with van der Waals surface area (Å²) < 4.78 is 33.9. The fourth-order valence-electron chi connectivity index (χ4n) is 4.28. The van der Waals surface area contributed by atoms with Crippen molar-refractivity contribution in [3.63, 3.8) is 0 Å². The minimum Gasteiger partial charge on any atom is -0.495 e. The summed E-state index contributed by atoms with van der Waals surface area (Å²) in [5.74, 6) is -0.459. The van der Waals surface area contributed by atoms with Crippen LogP contribution < -0.4 is 14.4 Å². The highest BCUT2D eigenvalue weighted by Crippen LogP contribution is 2.32. The molecule has 0 bridgehead atoms. The Bertz CT molecular complexity index is 1400. The van der Waals surface area contributed by atoms with E-state index < -0.39 is 28.5 Å². The summed E-state index contributed by atoms with van der Waals surface area (Å²) in [7, 11) is -2.72. The van der Waals surface area contributed by atoms with E-state index in [1.54, 1.807) is 31.2 Å². The number of amides is 2. The molecule has 0 aliphatic rings. The van der Waals surface area contributed by atoms with E-state index >= 15 is 0 Å². The SMILES string of the molecule is CCNC(=O)C(CC)N(Cc1cccc(C)c1)C(=O)CN(c1ccc(OC)c(Cl)c1)S(=O)(=O)c1ccccc1. The first kappa shape index (κ1) is 30.0. The van der Waals surface area contributed by atoms with Gasteiger partial charge in [-0.3, -0.25) is 13.9 Å². The summed E-state index contributed by atoms with van der Waals surface area (Å²) in [4.78, 5) is 28.5. The molecular formula is C29H34ClN3O5S. The smallest absolute Gasteiger partial charge is 0.264 e. The number of hydrogen-bond acceptors (Lipinski definition) is 5. The largest absolute Gasteiger partial charge is 0.495 e. The summed E-state index contributed by atoms with van der Waals surface area (Å²) in [6.45, 7) is 5.57. The molecule has 3 aromatic rings. The quantitative estimate of drug-likeness (QED) is 0.337. The Kier molecular flexibility index (Phi) is 10.4. The number of halogens is 1. The van der Waals surface area contributed by atoms with Crippen molar-refractivity contribution in [2.45, 2.75) is 44.7 Å². The van der Waals surface area contributed by atoms with E-state index in [-0.39, 0.29) is 28.1 Å². The number of hydrogen-bond donors (Lipinski definition) is 1. The summed E-state index contributed by atoms with van der Waals surface area (Å²) in [5.41, 5.74) is 2.03. The van der Waals surface area contributed by atoms with Gasteiger partial charge in [0, 0.05) is 13.1 Å². The van der Waals surface area contributed by atoms with Crippen molar-refractivity contribution in [1.29, 1.82) is 0 Å². The molecule has 0 aliphatic carbocycles. The summed E-state index contributed by atoms with van der Waals surface area (Å²) in [6.07, 6.45) is 0.350. The van der Waals surface area contributed by atoms with Gasteiger partial charge < -0.3 is 15.0 Å². The molecule has 2 amide bonds. The first-order chi connectivity index (χ1) is 18.6. The maximum absolute atomic E-state index is 14.0. The van der Waals surface area contributed by atoms with Gasteiger partial charge in [0.15, 0.2) is 0 Å². The van der Waals surface area contributed by atoms with E-state index in [0.717, 1.165) is 15.4 Å². The van der Waals surface area contributed by atoms with E-state index in [4.69, 9.17) is 16.3 Å². The molecule has 0 radical (unpaired) electrons. The molecule has 39 heavy (non-hydrogen) atoms. The van der Waals surface area contributed by atoms with Crippen molar-refractivity contribution >= 4 is 39.1 Å². The third-order valence-electron chi connectivity index (χ3n) is 6.21. The van der Waals surface area contributed by atoms with Crippen molar-refractivity contribution in [1.82, 2.24) is 10.2 Å². The first-order valence-corrected chi connectivity index (χ1v) is 14.5. The van der Waals surface area contributed by atoms with Crippen LogP contribution in [0.1, 0.15) is 31.4 Å². The highest BCUT2D eigenvalue weighted by Gasteiger charge is 2.33. The van der Waals surface area contributed by atoms with Crippen LogP contribution in [0.5, 0.6) is 5.75 Å². The van der Waals surface area contributed by atoms with Gasteiger partial charge in [-0.05, 0) is 56.2 Å². The number of ether oxygens (including phenoxy) is 1. The van der Waals surface area contributed by atoms with Gasteiger partial charge in [0.2, 0.25) is 11.8 Å². The Hall–Kier alpha value is -3.56. The van der Waals surface area contributed by atoms with E-state index in [2.05, 4.69) is 5.32 Å². The zero-order valence-electron chi connectivity index (χ0n) is 22.6. The third kappa shape index (κ3) is 7.30. The Labute approximate surface area is 235 Å². The van der Waals surface area contributed by atoms with Crippen molar-refractivity contribution in [3.8, 4) is 5.75 Å². The molecule has 0 fully saturated rings. The number of anilines is 1. The monoisotopic (exact) mass is 571 g/mol. The Morgan fingerprint density at radius 3 is 2.31 bits per heavy atom. The second-order valence-corrected chi connectivity index (χ2v) is 11.2. The van der Waals surface area contributed by atoms with Crippen LogP contribution in [0.4, 0.5) is 5.69 Å². The topological polar surface area (TPSA) is 96.0 Å². The van der Waals surface area contributed by atoms with Crippen molar-refractivity contribution in [3.05, 3.63) is 88.9 Å². The second kappa shape index (κ2) is 13.5. The van der Waals surface area contributed by atoms with Crippen LogP contribution in [0.2, 0.25) is 5.02 Å². The summed E-state index contributed by atoms with van der Waals surface area (Å²) in [6, 6.07) is 19.2. The molecule has 0 spiro atoms. The molecule has 0 aliphatic heterocycles. The number of aryl methyl sites for hydroxylation is 1. The van der Waals surface area contributed by atoms with Crippen molar-refractivity contribution in [2.75, 3.05) is 24.5 Å². The maximum atomic E-state index is 14.0. The van der Waals surface area contributed by atoms with Crippen LogP contribution in [0.3, 0.4) is 0 Å². The third-order valence-corrected chi connectivity index (χ3v) is 8.29. The summed E-state index contributed by atoms with van der Waals surface area (Å²) >= 11 is 6.35. The number of sulfonamides is 1. The molecule has 10 heteroatoms. The molecule has 1 unspecified atom stereocenters. The van der Waals surface area contributed by atoms with Crippen molar-refractivity contribution in [2.24, 2.45) is 0 Å². The van der Waals surface area contributed by atoms with Gasteiger partial charge in [0.05, 0.1) is 22.7 Å². The molecule has 3 rings (SSSR count). The lowest BCUT2D eigenvalue weighted by molar-refractivity contribution is -0.140. The minimum absolute atomic E-state index is 0.0192. The van der Waals surface area contributed by atoms with Crippen molar-refractivity contribution < 1.29 is 22.7 Å². The van der Waals surface area contributed by atoms with E-state index in [1.165, 1.54) is 36.3 Å². The first-order valence-electron chi connectivity index (χ1n) is 12.7. The van der Waals surface area contributed by atoms with Crippen LogP contribution in [0.25, 0.3) is 0 Å². The number of carbonyl (C=O) groups is 2. The van der Waals surface area contributed by atoms with E-state index in [9.17, 15) is 18.0 Å². The fraction of sp³-hybridized carbons (Fsp3) is 0.310. The van der Waals surface area contributed by atoms with Gasteiger partial charge in [-0.1, -0.05) is 66.6 Å². The van der Waals surface area contributed by atoms with Crippen LogP contribution in [0.15, 0.2) is 77.7 Å². The predicted molar refractivity (Wildman–Crippen MR) is 153 cm³/mol. The van der Waals surface area contributed by atoms with Gasteiger partial charge in [-0.25, -0.2) is 8.42 Å². The Balaban J connectivity index is 2.08. The lowest BCUT2D eigenvalue weighted by Gasteiger charge is -2.33. The number of carbonyl (C=O) groups excluding carboxylic acids is 2. The van der Waals surface area contributed by atoms with Gasteiger partial charge in [-0.15, -0.1) is 0 Å². The van der Waals surface area contributed by atoms with Gasteiger partial charge in [0.25, 0.3) is 10.0 Å². The highest BCUT2D eigenvalue weighted by atomic mass is 35.5. The van der Waals surface area contributed by atoms with Gasteiger partial charge in [-0.2, -0.15) is 0 Å². The second-order valence-electron chi connectivity index (χ2n) is 8.97. The number of methoxy groups -OCH3 is 1. The molecule has 1 N–H and O–H groups in total. The van der Waals surface area contributed by atoms with Gasteiger partial charge in [0.1, 0.15) is 18.3 Å². The normalized spacial score (nSPS) is 11.9. The molecule has 0 heterocycles. The molecule has 0 saturated heterocycles. The fourth-order valence-corrected chi connectivity index (χ4v) is 5.96. The standard InChI is InChI=1S/C29H34ClN3O5S/c1-5-26(29(35)31-6-2)32(19-22-12-10-11-21(3)17-22)28(34)20-33(23-15-16-27(38-4)25(30)18-23)39(36,37)24-13-8-7-9-14-24/h7-18,26H,5-6,19-20H2,1-4H3,(H,31,35). The average Bonchev–Trinajstić information content (AvgIpc) is 2.92. The number of nitrogens with one attached hydrogen (secondary N) is 1. The summed E-state index contributed by atoms with van der Waals surface area (Å²) in [5, 5.41) is 2.99. The van der Waals surface area contributed by atoms with Crippen LogP contribution in [0, 0.1) is 6.92 Å². The van der Waals surface area contributed by atoms with E-state index in [1.807, 2.05) is 38.1 Å². The molecular weight excluding hydrogens is 538 g/mol. The Morgan fingerprint density at radius 1 is 1.00 bits per heavy atom. The highest BCUT2D eigenvalue weighted by molar-refractivity contribution is 7.92. The zero-order chi connectivity index (χ0) is 28.6. The number of rotatable bonds is 12. The minimum atomic E-state index is -4.18. The van der Waals surface area contributed by atoms with Crippen LogP contribution in [-0.4, -0.2) is 51.4 Å². The number of benzene rings is 3. The lowest BCUT2D eigenvalue weighted by Crippen LogP contribution is -2.52. The predicted octanol–water partition coefficient (Wildman–Crippen LogP) is 4.80. The van der Waals surface area contributed by atoms with E-state index in [0.29, 0.717) is 18.7 Å². The zero-order valence-corrected chi connectivity index (χ0v) is 24.1. The number of likely N-dealkylation sites (N-methyl/N-ethyl adjacent to an activating group) is 1. The maximum Gasteiger partial charge on any atom is 0.264 e. The lowest BCUT2D eigenvalue weighted by atomic mass is 10.1. The van der Waals surface area contributed by atoms with Crippen LogP contribution in [-0.2, 0) is 26.2 Å². The molecule has 1 atom stereocenters. The van der Waals surface area contributed by atoms with Crippen LogP contribution >= 0.6 is 11.6 Å². The average molecular weight is 572 g/mol. The number of nitrogens with zero attached hydrogens (tertiary/aromatic N) is 2. The van der Waals surface area contributed by atoms with Gasteiger partial charge >= 0.3 is 0 Å². The molecule has 0 saturated carbocycles. The Morgan fingerprint density at radius 2 is 1.72 bits per heavy atom.